The fourth-order valence-electron chi connectivity index (χ4n) is 2.44. The molecule has 2 aliphatic rings. The van der Waals surface area contributed by atoms with Crippen LogP contribution >= 0.6 is 0 Å². The lowest BCUT2D eigenvalue weighted by Crippen LogP contribution is -1.97. The number of hydrogen-bond acceptors (Lipinski definition) is 0. The van der Waals surface area contributed by atoms with Crippen molar-refractivity contribution in [3.8, 4) is 0 Å². The first-order valence-electron chi connectivity index (χ1n) is 6.21. The van der Waals surface area contributed by atoms with Crippen LogP contribution in [0, 0.1) is 5.92 Å². The Morgan fingerprint density at radius 1 is 1.25 bits per heavy atom. The molecule has 2 radical (unpaired) electrons. The Morgan fingerprint density at radius 3 is 2.88 bits per heavy atom. The van der Waals surface area contributed by atoms with Gasteiger partial charge in [-0.1, -0.05) is 42.3 Å². The van der Waals surface area contributed by atoms with Crippen molar-refractivity contribution in [3.63, 3.8) is 0 Å². The van der Waals surface area contributed by atoms with E-state index in [1.807, 2.05) is 0 Å². The summed E-state index contributed by atoms with van der Waals surface area (Å²) in [6, 6.07) is 0. The third-order valence-corrected chi connectivity index (χ3v) is 3.33. The van der Waals surface area contributed by atoms with Crippen LogP contribution in [0.5, 0.6) is 0 Å². The molecule has 0 N–H and O–H groups in total. The molecule has 0 bridgehead atoms. The molecular formula is C15H19B. The molecule has 2 aliphatic carbocycles. The SMILES string of the molecule is [B]C1=CC(C)CC=C2CCCC(C)=CC2=C1. The Balaban J connectivity index is 2.41. The molecule has 82 valence electrons. The zero-order valence-corrected chi connectivity index (χ0v) is 10.3. The highest BCUT2D eigenvalue weighted by Crippen LogP contribution is 2.29. The van der Waals surface area contributed by atoms with Gasteiger partial charge < -0.3 is 0 Å². The largest absolute Gasteiger partial charge is 0.113 e. The average Bonchev–Trinajstić information content (AvgIpc) is 2.35. The standard InChI is InChI=1S/C15H19B/c1-11-4-3-5-13-7-6-12(2)9-15(16)10-14(13)8-11/h7-10,12H,3-6H2,1-2H3. The molecule has 0 nitrogen and oxygen atoms in total. The van der Waals surface area contributed by atoms with E-state index in [1.54, 1.807) is 0 Å². The molecular weight excluding hydrogens is 191 g/mol. The molecule has 2 rings (SSSR count). The maximum atomic E-state index is 6.03. The zero-order chi connectivity index (χ0) is 11.5. The van der Waals surface area contributed by atoms with E-state index in [4.69, 9.17) is 7.85 Å². The van der Waals surface area contributed by atoms with Gasteiger partial charge in [0.15, 0.2) is 0 Å². The fourth-order valence-corrected chi connectivity index (χ4v) is 2.44. The maximum absolute atomic E-state index is 6.03. The molecule has 1 heteroatoms. The minimum absolute atomic E-state index is 0.554. The van der Waals surface area contributed by atoms with E-state index in [2.05, 4.69) is 38.2 Å². The first-order valence-corrected chi connectivity index (χ1v) is 6.21. The van der Waals surface area contributed by atoms with Gasteiger partial charge in [0.1, 0.15) is 7.85 Å². The summed E-state index contributed by atoms with van der Waals surface area (Å²) in [6.07, 6.45) is 13.8. The van der Waals surface area contributed by atoms with Crippen LogP contribution in [0.1, 0.15) is 39.5 Å². The van der Waals surface area contributed by atoms with Gasteiger partial charge in [-0.25, -0.2) is 0 Å². The summed E-state index contributed by atoms with van der Waals surface area (Å²) in [6.45, 7) is 4.44. The topological polar surface area (TPSA) is 0 Å². The number of rotatable bonds is 0. The molecule has 0 saturated carbocycles. The molecule has 0 fully saturated rings. The third kappa shape index (κ3) is 2.78. The van der Waals surface area contributed by atoms with Crippen molar-refractivity contribution in [2.75, 3.05) is 0 Å². The lowest BCUT2D eigenvalue weighted by Gasteiger charge is -2.13. The van der Waals surface area contributed by atoms with Gasteiger partial charge in [0.05, 0.1) is 0 Å². The van der Waals surface area contributed by atoms with Crippen LogP contribution < -0.4 is 0 Å². The second kappa shape index (κ2) is 4.90. The lowest BCUT2D eigenvalue weighted by molar-refractivity contribution is 0.731. The van der Waals surface area contributed by atoms with Gasteiger partial charge in [-0.3, -0.25) is 0 Å². The van der Waals surface area contributed by atoms with E-state index in [1.165, 1.54) is 36.0 Å². The second-order valence-corrected chi connectivity index (χ2v) is 5.05. The summed E-state index contributed by atoms with van der Waals surface area (Å²) >= 11 is 0. The molecule has 0 aliphatic heterocycles. The first-order chi connectivity index (χ1) is 7.65. The van der Waals surface area contributed by atoms with E-state index in [0.29, 0.717) is 5.92 Å². The van der Waals surface area contributed by atoms with Crippen molar-refractivity contribution < 1.29 is 0 Å². The summed E-state index contributed by atoms with van der Waals surface area (Å²) in [5.41, 5.74) is 5.20. The smallest absolute Gasteiger partial charge is 0.0997 e. The normalized spacial score (nSPS) is 26.2. The van der Waals surface area contributed by atoms with Crippen molar-refractivity contribution >= 4 is 7.85 Å². The molecule has 0 amide bonds. The van der Waals surface area contributed by atoms with Gasteiger partial charge in [0.25, 0.3) is 0 Å². The third-order valence-electron chi connectivity index (χ3n) is 3.33. The van der Waals surface area contributed by atoms with E-state index in [9.17, 15) is 0 Å². The van der Waals surface area contributed by atoms with Gasteiger partial charge >= 0.3 is 0 Å². The molecule has 1 unspecified atom stereocenters. The van der Waals surface area contributed by atoms with E-state index in [0.717, 1.165) is 11.9 Å². The number of allylic oxidation sites excluding steroid dienone is 8. The highest BCUT2D eigenvalue weighted by atomic mass is 14.2. The number of fused-ring (bicyclic) bond motifs is 1. The summed E-state index contributed by atoms with van der Waals surface area (Å²) in [5.74, 6) is 0.554. The highest BCUT2D eigenvalue weighted by Gasteiger charge is 2.11. The minimum Gasteiger partial charge on any atom is -0.0997 e. The Hall–Kier alpha value is -0.975. The average molecular weight is 210 g/mol. The molecule has 0 saturated heterocycles. The molecule has 0 heterocycles. The second-order valence-electron chi connectivity index (χ2n) is 5.05. The predicted molar refractivity (Wildman–Crippen MR) is 71.4 cm³/mol. The van der Waals surface area contributed by atoms with Crippen LogP contribution in [0.2, 0.25) is 0 Å². The highest BCUT2D eigenvalue weighted by molar-refractivity contribution is 6.23. The van der Waals surface area contributed by atoms with E-state index < -0.39 is 0 Å². The molecule has 0 aromatic rings. The van der Waals surface area contributed by atoms with Gasteiger partial charge in [-0.2, -0.15) is 0 Å². The Morgan fingerprint density at radius 2 is 2.06 bits per heavy atom. The van der Waals surface area contributed by atoms with Crippen LogP contribution in [0.3, 0.4) is 0 Å². The maximum Gasteiger partial charge on any atom is 0.113 e. The minimum atomic E-state index is 0.554. The van der Waals surface area contributed by atoms with Crippen molar-refractivity contribution in [1.29, 1.82) is 0 Å². The van der Waals surface area contributed by atoms with Crippen LogP contribution in [0.25, 0.3) is 0 Å². The van der Waals surface area contributed by atoms with Gasteiger partial charge in [-0.05, 0) is 49.7 Å². The van der Waals surface area contributed by atoms with Gasteiger partial charge in [0.2, 0.25) is 0 Å². The van der Waals surface area contributed by atoms with Gasteiger partial charge in [-0.15, -0.1) is 0 Å². The molecule has 0 aromatic carbocycles. The Bertz CT molecular complexity index is 394. The monoisotopic (exact) mass is 210 g/mol. The van der Waals surface area contributed by atoms with Crippen molar-refractivity contribution in [2.45, 2.75) is 39.5 Å². The lowest BCUT2D eigenvalue weighted by atomic mass is 9.84. The van der Waals surface area contributed by atoms with E-state index in [-0.39, 0.29) is 0 Å². The van der Waals surface area contributed by atoms with E-state index >= 15 is 0 Å². The molecule has 0 aromatic heterocycles. The molecule has 16 heavy (non-hydrogen) atoms. The summed E-state index contributed by atoms with van der Waals surface area (Å²) in [4.78, 5) is 0. The number of hydrogen-bond donors (Lipinski definition) is 0. The Labute approximate surface area is 100 Å². The summed E-state index contributed by atoms with van der Waals surface area (Å²) < 4.78 is 0. The van der Waals surface area contributed by atoms with Crippen LogP contribution in [-0.4, -0.2) is 7.85 Å². The Kier molecular flexibility index (Phi) is 3.53. The van der Waals surface area contributed by atoms with Crippen LogP contribution in [-0.2, 0) is 0 Å². The summed E-state index contributed by atoms with van der Waals surface area (Å²) in [7, 11) is 6.03. The van der Waals surface area contributed by atoms with Crippen LogP contribution in [0.4, 0.5) is 0 Å². The van der Waals surface area contributed by atoms with Crippen molar-refractivity contribution in [3.05, 3.63) is 46.5 Å². The summed E-state index contributed by atoms with van der Waals surface area (Å²) in [5, 5.41) is 0. The van der Waals surface area contributed by atoms with Crippen molar-refractivity contribution in [2.24, 2.45) is 5.92 Å². The molecule has 0 spiro atoms. The molecule has 1 atom stereocenters. The quantitative estimate of drug-likeness (QED) is 0.529. The van der Waals surface area contributed by atoms with Gasteiger partial charge in [0, 0.05) is 0 Å². The zero-order valence-electron chi connectivity index (χ0n) is 10.3. The first kappa shape index (κ1) is 11.5. The predicted octanol–water partition coefficient (Wildman–Crippen LogP) is 4.06. The van der Waals surface area contributed by atoms with Crippen LogP contribution in [0.15, 0.2) is 46.5 Å². The van der Waals surface area contributed by atoms with Crippen molar-refractivity contribution in [1.82, 2.24) is 0 Å². The fraction of sp³-hybridized carbons (Fsp3) is 0.467.